The Kier molecular flexibility index (Phi) is 5.99. The highest BCUT2D eigenvalue weighted by Crippen LogP contribution is 2.37. The van der Waals surface area contributed by atoms with E-state index in [2.05, 4.69) is 5.32 Å². The number of thiophene rings is 1. The molecule has 0 saturated heterocycles. The second-order valence-corrected chi connectivity index (χ2v) is 7.76. The van der Waals surface area contributed by atoms with Gasteiger partial charge in [0.05, 0.1) is 25.1 Å². The monoisotopic (exact) mass is 401 g/mol. The van der Waals surface area contributed by atoms with Gasteiger partial charge in [-0.25, -0.2) is 4.79 Å². The molecule has 2 heterocycles. The minimum atomic E-state index is -0.576. The predicted octanol–water partition coefficient (Wildman–Crippen LogP) is 2.85. The van der Waals surface area contributed by atoms with Gasteiger partial charge < -0.3 is 20.7 Å². The third-order valence-corrected chi connectivity index (χ3v) is 5.70. The predicted molar refractivity (Wildman–Crippen MR) is 107 cm³/mol. The molecule has 1 aliphatic rings. The first-order chi connectivity index (χ1) is 13.4. The van der Waals surface area contributed by atoms with Crippen LogP contribution in [0, 0.1) is 6.92 Å². The smallest absolute Gasteiger partial charge is 0.410 e. The summed E-state index contributed by atoms with van der Waals surface area (Å²) in [7, 11) is 0. The fourth-order valence-corrected chi connectivity index (χ4v) is 4.47. The second kappa shape index (κ2) is 8.43. The molecular weight excluding hydrogens is 378 g/mol. The summed E-state index contributed by atoms with van der Waals surface area (Å²) in [6, 6.07) is 7.71. The van der Waals surface area contributed by atoms with Crippen LogP contribution < -0.4 is 11.1 Å². The quantitative estimate of drug-likeness (QED) is 0.804. The van der Waals surface area contributed by atoms with E-state index in [-0.39, 0.29) is 18.4 Å². The molecule has 0 atom stereocenters. The van der Waals surface area contributed by atoms with E-state index in [1.807, 2.05) is 31.2 Å². The Morgan fingerprint density at radius 2 is 1.96 bits per heavy atom. The number of hydrogen-bond donors (Lipinski definition) is 2. The number of hydrogen-bond acceptors (Lipinski definition) is 5. The molecular formula is C20H23N3O4S. The molecule has 0 radical (unpaired) electrons. The molecule has 2 aromatic rings. The van der Waals surface area contributed by atoms with Crippen molar-refractivity contribution in [1.82, 2.24) is 4.90 Å². The SMILES string of the molecule is CCOC(=O)N1CCc2c(sc(NC(=O)Cc3ccc(C)cc3)c2C(N)=O)C1. The van der Waals surface area contributed by atoms with E-state index in [4.69, 9.17) is 10.5 Å². The second-order valence-electron chi connectivity index (χ2n) is 6.65. The number of fused-ring (bicyclic) bond motifs is 1. The first-order valence-electron chi connectivity index (χ1n) is 9.10. The van der Waals surface area contributed by atoms with Crippen molar-refractivity contribution in [2.75, 3.05) is 18.5 Å². The molecule has 0 spiro atoms. The van der Waals surface area contributed by atoms with Gasteiger partial charge in [0.2, 0.25) is 5.91 Å². The van der Waals surface area contributed by atoms with Crippen LogP contribution in [0.15, 0.2) is 24.3 Å². The molecule has 8 heteroatoms. The van der Waals surface area contributed by atoms with E-state index in [1.54, 1.807) is 11.8 Å². The number of ether oxygens (including phenoxy) is 1. The summed E-state index contributed by atoms with van der Waals surface area (Å²) in [5.74, 6) is -0.792. The highest BCUT2D eigenvalue weighted by molar-refractivity contribution is 7.17. The van der Waals surface area contributed by atoms with Gasteiger partial charge in [-0.15, -0.1) is 11.3 Å². The van der Waals surface area contributed by atoms with Crippen LogP contribution in [0.3, 0.4) is 0 Å². The summed E-state index contributed by atoms with van der Waals surface area (Å²) in [6.07, 6.45) is 0.319. The molecule has 0 bridgehead atoms. The molecule has 7 nitrogen and oxygen atoms in total. The van der Waals surface area contributed by atoms with Crippen molar-refractivity contribution < 1.29 is 19.1 Å². The lowest BCUT2D eigenvalue weighted by Crippen LogP contribution is -2.36. The summed E-state index contributed by atoms with van der Waals surface area (Å²) >= 11 is 1.29. The molecule has 0 unspecified atom stereocenters. The molecule has 1 aromatic heterocycles. The third kappa shape index (κ3) is 4.33. The molecule has 0 aliphatic carbocycles. The van der Waals surface area contributed by atoms with E-state index in [0.29, 0.717) is 36.7 Å². The maximum absolute atomic E-state index is 12.5. The lowest BCUT2D eigenvalue weighted by Gasteiger charge is -2.26. The summed E-state index contributed by atoms with van der Waals surface area (Å²) in [4.78, 5) is 38.9. The van der Waals surface area contributed by atoms with Gasteiger partial charge in [-0.1, -0.05) is 29.8 Å². The van der Waals surface area contributed by atoms with Crippen molar-refractivity contribution in [2.24, 2.45) is 5.73 Å². The first kappa shape index (κ1) is 19.9. The molecule has 0 fully saturated rings. The highest BCUT2D eigenvalue weighted by Gasteiger charge is 2.30. The number of nitrogens with zero attached hydrogens (tertiary/aromatic N) is 1. The molecule has 1 aromatic carbocycles. The Bertz CT molecular complexity index is 905. The number of primary amides is 1. The van der Waals surface area contributed by atoms with Crippen LogP contribution in [0.1, 0.15) is 38.8 Å². The number of benzene rings is 1. The van der Waals surface area contributed by atoms with Crippen molar-refractivity contribution >= 4 is 34.2 Å². The number of nitrogens with two attached hydrogens (primary N) is 1. The van der Waals surface area contributed by atoms with Crippen LogP contribution in [0.5, 0.6) is 0 Å². The van der Waals surface area contributed by atoms with E-state index < -0.39 is 5.91 Å². The van der Waals surface area contributed by atoms with Gasteiger partial charge in [-0.2, -0.15) is 0 Å². The Morgan fingerprint density at radius 1 is 1.25 bits per heavy atom. The lowest BCUT2D eigenvalue weighted by atomic mass is 10.0. The Balaban J connectivity index is 1.78. The van der Waals surface area contributed by atoms with Crippen LogP contribution in [0.4, 0.5) is 9.80 Å². The Labute approximate surface area is 167 Å². The standard InChI is InChI=1S/C20H23N3O4S/c1-3-27-20(26)23-9-8-14-15(11-23)28-19(17(14)18(21)25)22-16(24)10-13-6-4-12(2)5-7-13/h4-7H,3,8-11H2,1-2H3,(H2,21,25)(H,22,24). The van der Waals surface area contributed by atoms with Crippen molar-refractivity contribution in [3.8, 4) is 0 Å². The molecule has 3 N–H and O–H groups in total. The van der Waals surface area contributed by atoms with E-state index in [0.717, 1.165) is 21.6 Å². The van der Waals surface area contributed by atoms with E-state index in [9.17, 15) is 14.4 Å². The average Bonchev–Trinajstić information content (AvgIpc) is 3.00. The largest absolute Gasteiger partial charge is 0.450 e. The summed E-state index contributed by atoms with van der Waals surface area (Å²) in [5.41, 5.74) is 8.75. The molecule has 28 heavy (non-hydrogen) atoms. The zero-order valence-electron chi connectivity index (χ0n) is 15.9. The van der Waals surface area contributed by atoms with Gasteiger partial charge in [-0.05, 0) is 31.4 Å². The maximum Gasteiger partial charge on any atom is 0.410 e. The number of anilines is 1. The summed E-state index contributed by atoms with van der Waals surface area (Å²) in [6.45, 7) is 4.83. The minimum absolute atomic E-state index is 0.204. The number of aryl methyl sites for hydroxylation is 1. The summed E-state index contributed by atoms with van der Waals surface area (Å²) < 4.78 is 5.05. The molecule has 1 aliphatic heterocycles. The number of amides is 3. The van der Waals surface area contributed by atoms with Crippen molar-refractivity contribution in [3.05, 3.63) is 51.4 Å². The van der Waals surface area contributed by atoms with Crippen molar-refractivity contribution in [1.29, 1.82) is 0 Å². The fourth-order valence-electron chi connectivity index (χ4n) is 3.18. The number of nitrogens with one attached hydrogen (secondary N) is 1. The van der Waals surface area contributed by atoms with Gasteiger partial charge >= 0.3 is 6.09 Å². The van der Waals surface area contributed by atoms with Crippen LogP contribution in [0.2, 0.25) is 0 Å². The van der Waals surface area contributed by atoms with Gasteiger partial charge in [0.25, 0.3) is 5.91 Å². The number of carbonyl (C=O) groups excluding carboxylic acids is 3. The van der Waals surface area contributed by atoms with Gasteiger partial charge in [-0.3, -0.25) is 9.59 Å². The van der Waals surface area contributed by atoms with Gasteiger partial charge in [0.1, 0.15) is 5.00 Å². The Hall–Kier alpha value is -2.87. The molecule has 0 saturated carbocycles. The summed E-state index contributed by atoms with van der Waals surface area (Å²) in [5, 5.41) is 3.27. The number of rotatable bonds is 5. The van der Waals surface area contributed by atoms with Crippen LogP contribution in [0.25, 0.3) is 0 Å². The van der Waals surface area contributed by atoms with Gasteiger partial charge in [0.15, 0.2) is 0 Å². The lowest BCUT2D eigenvalue weighted by molar-refractivity contribution is -0.115. The molecule has 3 amide bonds. The minimum Gasteiger partial charge on any atom is -0.450 e. The van der Waals surface area contributed by atoms with Crippen LogP contribution in [-0.4, -0.2) is 36.0 Å². The van der Waals surface area contributed by atoms with Gasteiger partial charge in [0, 0.05) is 11.4 Å². The molecule has 3 rings (SSSR count). The highest BCUT2D eigenvalue weighted by atomic mass is 32.1. The third-order valence-electron chi connectivity index (χ3n) is 4.57. The van der Waals surface area contributed by atoms with Crippen molar-refractivity contribution in [2.45, 2.75) is 33.2 Å². The van der Waals surface area contributed by atoms with Crippen LogP contribution >= 0.6 is 11.3 Å². The zero-order valence-corrected chi connectivity index (χ0v) is 16.7. The van der Waals surface area contributed by atoms with E-state index >= 15 is 0 Å². The van der Waals surface area contributed by atoms with Crippen LogP contribution in [-0.2, 0) is 28.9 Å². The van der Waals surface area contributed by atoms with E-state index in [1.165, 1.54) is 11.3 Å². The molecule has 148 valence electrons. The fraction of sp³-hybridized carbons (Fsp3) is 0.350. The average molecular weight is 401 g/mol. The first-order valence-corrected chi connectivity index (χ1v) is 9.92. The normalized spacial score (nSPS) is 13.0. The zero-order chi connectivity index (χ0) is 20.3. The maximum atomic E-state index is 12.5. The Morgan fingerprint density at radius 3 is 2.61 bits per heavy atom. The number of carbonyl (C=O) groups is 3. The topological polar surface area (TPSA) is 102 Å². The van der Waals surface area contributed by atoms with Crippen molar-refractivity contribution in [3.63, 3.8) is 0 Å².